The Morgan fingerprint density at radius 2 is 2.04 bits per heavy atom. The minimum atomic E-state index is -0.214. The van der Waals surface area contributed by atoms with Crippen molar-refractivity contribution >= 4 is 23.2 Å². The van der Waals surface area contributed by atoms with Gasteiger partial charge in [-0.05, 0) is 49.2 Å². The molecule has 23 heavy (non-hydrogen) atoms. The molecule has 0 aromatic heterocycles. The van der Waals surface area contributed by atoms with Crippen LogP contribution in [0.1, 0.15) is 29.3 Å². The fraction of sp³-hybridized carbons (Fsp3) is 0.222. The summed E-state index contributed by atoms with van der Waals surface area (Å²) in [5.41, 5.74) is 3.05. The number of amides is 2. The Morgan fingerprint density at radius 3 is 2.87 bits per heavy atom. The van der Waals surface area contributed by atoms with Gasteiger partial charge in [0, 0.05) is 17.8 Å². The molecule has 0 radical (unpaired) electrons. The zero-order valence-corrected chi connectivity index (χ0v) is 12.9. The Kier molecular flexibility index (Phi) is 4.28. The second-order valence-electron chi connectivity index (χ2n) is 5.30. The van der Waals surface area contributed by atoms with Crippen LogP contribution in [0.5, 0.6) is 5.75 Å². The van der Waals surface area contributed by atoms with E-state index in [9.17, 15) is 9.59 Å². The van der Waals surface area contributed by atoms with Gasteiger partial charge in [-0.1, -0.05) is 12.1 Å². The first-order valence-electron chi connectivity index (χ1n) is 7.63. The topological polar surface area (TPSA) is 67.4 Å². The number of benzene rings is 2. The number of anilines is 2. The van der Waals surface area contributed by atoms with Crippen molar-refractivity contribution in [2.24, 2.45) is 0 Å². The van der Waals surface area contributed by atoms with Crippen molar-refractivity contribution in [1.29, 1.82) is 0 Å². The van der Waals surface area contributed by atoms with Crippen molar-refractivity contribution in [3.05, 3.63) is 53.6 Å². The molecule has 5 heteroatoms. The van der Waals surface area contributed by atoms with Crippen LogP contribution in [-0.2, 0) is 11.2 Å². The predicted octanol–water partition coefficient (Wildman–Crippen LogP) is 3.22. The number of ether oxygens (including phenoxy) is 1. The molecule has 118 valence electrons. The zero-order valence-electron chi connectivity index (χ0n) is 12.9. The Labute approximate surface area is 134 Å². The molecule has 2 amide bonds. The van der Waals surface area contributed by atoms with E-state index in [1.54, 1.807) is 24.3 Å². The Morgan fingerprint density at radius 1 is 1.22 bits per heavy atom. The predicted molar refractivity (Wildman–Crippen MR) is 89.0 cm³/mol. The van der Waals surface area contributed by atoms with Crippen LogP contribution in [0.3, 0.4) is 0 Å². The van der Waals surface area contributed by atoms with Crippen LogP contribution in [0, 0.1) is 0 Å². The number of fused-ring (bicyclic) bond motifs is 1. The van der Waals surface area contributed by atoms with Gasteiger partial charge in [0.15, 0.2) is 0 Å². The molecule has 0 atom stereocenters. The van der Waals surface area contributed by atoms with Gasteiger partial charge in [-0.2, -0.15) is 0 Å². The second-order valence-corrected chi connectivity index (χ2v) is 5.30. The lowest BCUT2D eigenvalue weighted by Gasteiger charge is -2.18. The van der Waals surface area contributed by atoms with Crippen molar-refractivity contribution in [2.45, 2.75) is 19.8 Å². The highest BCUT2D eigenvalue weighted by atomic mass is 16.5. The maximum atomic E-state index is 12.5. The fourth-order valence-corrected chi connectivity index (χ4v) is 2.60. The van der Waals surface area contributed by atoms with Gasteiger partial charge < -0.3 is 15.4 Å². The summed E-state index contributed by atoms with van der Waals surface area (Å²) in [6.07, 6.45) is 1.15. The highest BCUT2D eigenvalue weighted by Gasteiger charge is 2.16. The standard InChI is InChI=1S/C18H18N2O3/c1-2-23-16-6-4-3-5-14(16)18(22)19-13-8-9-15-12(11-13)7-10-17(21)20-15/h3-6,8-9,11H,2,7,10H2,1H3,(H,19,22)(H,20,21). The van der Waals surface area contributed by atoms with E-state index < -0.39 is 0 Å². The lowest BCUT2D eigenvalue weighted by atomic mass is 10.0. The van der Waals surface area contributed by atoms with Crippen LogP contribution in [0.15, 0.2) is 42.5 Å². The molecule has 2 N–H and O–H groups in total. The number of carbonyl (C=O) groups excluding carboxylic acids is 2. The van der Waals surface area contributed by atoms with Crippen LogP contribution in [0.4, 0.5) is 11.4 Å². The molecule has 2 aromatic rings. The largest absolute Gasteiger partial charge is 0.493 e. The summed E-state index contributed by atoms with van der Waals surface area (Å²) in [6, 6.07) is 12.7. The first kappa shape index (κ1) is 15.1. The van der Waals surface area contributed by atoms with E-state index in [0.29, 0.717) is 36.4 Å². The number of rotatable bonds is 4. The summed E-state index contributed by atoms with van der Waals surface area (Å²) >= 11 is 0. The molecule has 1 aliphatic heterocycles. The summed E-state index contributed by atoms with van der Waals surface area (Å²) in [4.78, 5) is 23.8. The van der Waals surface area contributed by atoms with E-state index in [-0.39, 0.29) is 11.8 Å². The summed E-state index contributed by atoms with van der Waals surface area (Å²) in [5, 5.41) is 5.71. The van der Waals surface area contributed by atoms with Gasteiger partial charge in [0.25, 0.3) is 5.91 Å². The molecule has 0 fully saturated rings. The molecule has 0 spiro atoms. The maximum absolute atomic E-state index is 12.5. The van der Waals surface area contributed by atoms with E-state index >= 15 is 0 Å². The van der Waals surface area contributed by atoms with E-state index in [2.05, 4.69) is 10.6 Å². The lowest BCUT2D eigenvalue weighted by molar-refractivity contribution is -0.116. The molecule has 0 unspecified atom stereocenters. The molecule has 3 rings (SSSR count). The summed E-state index contributed by atoms with van der Waals surface area (Å²) in [6.45, 7) is 2.38. The number of nitrogens with one attached hydrogen (secondary N) is 2. The molecule has 0 bridgehead atoms. The van der Waals surface area contributed by atoms with Crippen molar-refractivity contribution in [3.8, 4) is 5.75 Å². The van der Waals surface area contributed by atoms with Crippen molar-refractivity contribution < 1.29 is 14.3 Å². The van der Waals surface area contributed by atoms with E-state index in [4.69, 9.17) is 4.74 Å². The molecule has 2 aromatic carbocycles. The van der Waals surface area contributed by atoms with Crippen LogP contribution in [-0.4, -0.2) is 18.4 Å². The number of hydrogen-bond donors (Lipinski definition) is 2. The fourth-order valence-electron chi connectivity index (χ4n) is 2.60. The van der Waals surface area contributed by atoms with Gasteiger partial charge in [-0.3, -0.25) is 9.59 Å². The second kappa shape index (κ2) is 6.52. The summed E-state index contributed by atoms with van der Waals surface area (Å²) in [7, 11) is 0. The lowest BCUT2D eigenvalue weighted by Crippen LogP contribution is -2.19. The average Bonchev–Trinajstić information content (AvgIpc) is 2.56. The van der Waals surface area contributed by atoms with E-state index in [0.717, 1.165) is 11.3 Å². The Balaban J connectivity index is 1.80. The Hall–Kier alpha value is -2.82. The first-order valence-corrected chi connectivity index (χ1v) is 7.63. The molecular weight excluding hydrogens is 292 g/mol. The molecular formula is C18H18N2O3. The first-order chi connectivity index (χ1) is 11.2. The molecule has 1 heterocycles. The van der Waals surface area contributed by atoms with Gasteiger partial charge in [0.2, 0.25) is 5.91 Å². The minimum absolute atomic E-state index is 0.0277. The van der Waals surface area contributed by atoms with Crippen molar-refractivity contribution in [1.82, 2.24) is 0 Å². The Bertz CT molecular complexity index is 756. The van der Waals surface area contributed by atoms with E-state index in [1.807, 2.05) is 25.1 Å². The van der Waals surface area contributed by atoms with Crippen molar-refractivity contribution in [3.63, 3.8) is 0 Å². The van der Waals surface area contributed by atoms with E-state index in [1.165, 1.54) is 0 Å². The highest BCUT2D eigenvalue weighted by Crippen LogP contribution is 2.26. The van der Waals surface area contributed by atoms with Crippen LogP contribution in [0.2, 0.25) is 0 Å². The third kappa shape index (κ3) is 3.34. The quantitative estimate of drug-likeness (QED) is 0.911. The SMILES string of the molecule is CCOc1ccccc1C(=O)Nc1ccc2c(c1)CCC(=O)N2. The molecule has 0 saturated heterocycles. The van der Waals surface area contributed by atoms with Crippen LogP contribution in [0.25, 0.3) is 0 Å². The smallest absolute Gasteiger partial charge is 0.259 e. The average molecular weight is 310 g/mol. The molecule has 1 aliphatic rings. The summed E-state index contributed by atoms with van der Waals surface area (Å²) < 4.78 is 5.49. The van der Waals surface area contributed by atoms with Gasteiger partial charge in [-0.15, -0.1) is 0 Å². The third-order valence-electron chi connectivity index (χ3n) is 3.69. The number of aryl methyl sites for hydroxylation is 1. The maximum Gasteiger partial charge on any atom is 0.259 e. The van der Waals surface area contributed by atoms with Gasteiger partial charge in [-0.25, -0.2) is 0 Å². The van der Waals surface area contributed by atoms with Gasteiger partial charge in [0.1, 0.15) is 5.75 Å². The zero-order chi connectivity index (χ0) is 16.2. The minimum Gasteiger partial charge on any atom is -0.493 e. The van der Waals surface area contributed by atoms with Crippen LogP contribution >= 0.6 is 0 Å². The normalized spacial score (nSPS) is 13.0. The number of carbonyl (C=O) groups is 2. The van der Waals surface area contributed by atoms with Crippen molar-refractivity contribution in [2.75, 3.05) is 17.2 Å². The number of para-hydroxylation sites is 1. The molecule has 0 aliphatic carbocycles. The van der Waals surface area contributed by atoms with Gasteiger partial charge in [0.05, 0.1) is 12.2 Å². The molecule has 5 nitrogen and oxygen atoms in total. The molecule has 0 saturated carbocycles. The highest BCUT2D eigenvalue weighted by molar-refractivity contribution is 6.06. The monoisotopic (exact) mass is 310 g/mol. The number of hydrogen-bond acceptors (Lipinski definition) is 3. The third-order valence-corrected chi connectivity index (χ3v) is 3.69. The van der Waals surface area contributed by atoms with Gasteiger partial charge >= 0.3 is 0 Å². The van der Waals surface area contributed by atoms with Crippen LogP contribution < -0.4 is 15.4 Å². The summed E-state index contributed by atoms with van der Waals surface area (Å²) in [5.74, 6) is 0.381.